The average Bonchev–Trinajstić information content (AvgIpc) is 3.25. The van der Waals surface area contributed by atoms with Crippen LogP contribution in [-0.2, 0) is 12.7 Å². The molecule has 1 aliphatic rings. The summed E-state index contributed by atoms with van der Waals surface area (Å²) < 4.78 is 39.4. The fraction of sp³-hybridized carbons (Fsp3) is 0.250. The lowest BCUT2D eigenvalue weighted by Crippen LogP contribution is -2.34. The van der Waals surface area contributed by atoms with Crippen LogP contribution >= 0.6 is 11.3 Å². The Morgan fingerprint density at radius 3 is 2.68 bits per heavy atom. The van der Waals surface area contributed by atoms with Crippen molar-refractivity contribution < 1.29 is 13.2 Å². The van der Waals surface area contributed by atoms with Gasteiger partial charge in [-0.25, -0.2) is 14.8 Å². The van der Waals surface area contributed by atoms with Gasteiger partial charge in [0.2, 0.25) is 5.95 Å². The van der Waals surface area contributed by atoms with Crippen LogP contribution in [0.2, 0.25) is 0 Å². The molecule has 7 nitrogen and oxygen atoms in total. The Morgan fingerprint density at radius 2 is 2.03 bits per heavy atom. The molecular weight excluding hydrogens is 429 g/mol. The number of pyridine rings is 1. The van der Waals surface area contributed by atoms with Gasteiger partial charge in [0, 0.05) is 18.0 Å². The van der Waals surface area contributed by atoms with Crippen LogP contribution in [0.4, 0.5) is 19.1 Å². The maximum atomic E-state index is 12.7. The molecule has 1 aliphatic heterocycles. The molecule has 158 valence electrons. The Labute approximate surface area is 178 Å². The first-order chi connectivity index (χ1) is 14.8. The minimum absolute atomic E-state index is 0.0230. The van der Waals surface area contributed by atoms with Gasteiger partial charge in [0.05, 0.1) is 12.2 Å². The molecule has 31 heavy (non-hydrogen) atoms. The van der Waals surface area contributed by atoms with Crippen molar-refractivity contribution in [1.29, 1.82) is 5.26 Å². The standard InChI is InChI=1S/C20H15F3N6OS/c21-20(22,23)17-5-4-15(31-17)11-29-12-25-18(27-19(29)30)28-8-6-13(7-9-28)16-3-1-2-14(10-24)26-16/h1-6,12H,7-9,11H2. The van der Waals surface area contributed by atoms with E-state index in [9.17, 15) is 18.0 Å². The van der Waals surface area contributed by atoms with Crippen LogP contribution in [0.15, 0.2) is 47.5 Å². The molecule has 0 fully saturated rings. The van der Waals surface area contributed by atoms with Gasteiger partial charge in [-0.1, -0.05) is 12.1 Å². The van der Waals surface area contributed by atoms with Crippen LogP contribution in [0.3, 0.4) is 0 Å². The van der Waals surface area contributed by atoms with E-state index in [1.54, 1.807) is 12.1 Å². The van der Waals surface area contributed by atoms with Crippen LogP contribution < -0.4 is 10.6 Å². The number of hydrogen-bond acceptors (Lipinski definition) is 7. The van der Waals surface area contributed by atoms with E-state index in [1.165, 1.54) is 17.0 Å². The molecule has 0 saturated heterocycles. The second-order valence-corrected chi connectivity index (χ2v) is 7.94. The summed E-state index contributed by atoms with van der Waals surface area (Å²) in [5.74, 6) is 0.262. The summed E-state index contributed by atoms with van der Waals surface area (Å²) in [6.07, 6.45) is -0.509. The number of halogens is 3. The molecule has 0 atom stereocenters. The number of nitrogens with zero attached hydrogens (tertiary/aromatic N) is 6. The fourth-order valence-electron chi connectivity index (χ4n) is 3.15. The van der Waals surface area contributed by atoms with E-state index in [0.717, 1.165) is 17.3 Å². The van der Waals surface area contributed by atoms with Gasteiger partial charge in [0.15, 0.2) is 0 Å². The van der Waals surface area contributed by atoms with Crippen LogP contribution in [0.5, 0.6) is 0 Å². The van der Waals surface area contributed by atoms with E-state index in [4.69, 9.17) is 5.26 Å². The van der Waals surface area contributed by atoms with Crippen LogP contribution in [0.25, 0.3) is 5.57 Å². The first-order valence-electron chi connectivity index (χ1n) is 9.24. The third kappa shape index (κ3) is 4.64. The Morgan fingerprint density at radius 1 is 1.19 bits per heavy atom. The van der Waals surface area contributed by atoms with Crippen molar-refractivity contribution in [3.05, 3.63) is 74.4 Å². The summed E-state index contributed by atoms with van der Waals surface area (Å²) in [4.78, 5) is 26.4. The summed E-state index contributed by atoms with van der Waals surface area (Å²) in [6.45, 7) is 1.01. The monoisotopic (exact) mass is 444 g/mol. The van der Waals surface area contributed by atoms with E-state index >= 15 is 0 Å². The maximum absolute atomic E-state index is 12.7. The van der Waals surface area contributed by atoms with Crippen LogP contribution in [0.1, 0.15) is 27.6 Å². The van der Waals surface area contributed by atoms with E-state index in [2.05, 4.69) is 15.0 Å². The molecule has 0 amide bonds. The molecule has 11 heteroatoms. The number of aromatic nitrogens is 4. The molecule has 4 rings (SSSR count). The lowest BCUT2D eigenvalue weighted by molar-refractivity contribution is -0.134. The van der Waals surface area contributed by atoms with Crippen molar-refractivity contribution in [3.63, 3.8) is 0 Å². The van der Waals surface area contributed by atoms with Crippen LogP contribution in [0, 0.1) is 11.3 Å². The van der Waals surface area contributed by atoms with Gasteiger partial charge in [0.25, 0.3) is 0 Å². The normalized spacial score (nSPS) is 14.3. The molecule has 0 saturated carbocycles. The maximum Gasteiger partial charge on any atom is 0.425 e. The highest BCUT2D eigenvalue weighted by molar-refractivity contribution is 7.12. The largest absolute Gasteiger partial charge is 0.425 e. The van der Waals surface area contributed by atoms with Crippen molar-refractivity contribution in [2.24, 2.45) is 0 Å². The average molecular weight is 444 g/mol. The Bertz CT molecular complexity index is 1240. The first kappa shape index (κ1) is 20.7. The molecular formula is C20H15F3N6OS. The number of thiophene rings is 1. The molecule has 0 aromatic carbocycles. The van der Waals surface area contributed by atoms with E-state index in [-0.39, 0.29) is 12.5 Å². The van der Waals surface area contributed by atoms with Gasteiger partial charge in [0.1, 0.15) is 23.0 Å². The second-order valence-electron chi connectivity index (χ2n) is 6.78. The highest BCUT2D eigenvalue weighted by Gasteiger charge is 2.32. The van der Waals surface area contributed by atoms with Gasteiger partial charge < -0.3 is 4.90 Å². The number of anilines is 1. The van der Waals surface area contributed by atoms with Gasteiger partial charge in [-0.05, 0) is 36.3 Å². The molecule has 3 aromatic heterocycles. The van der Waals surface area contributed by atoms with Gasteiger partial charge in [-0.3, -0.25) is 4.57 Å². The molecule has 0 aliphatic carbocycles. The minimum Gasteiger partial charge on any atom is -0.337 e. The van der Waals surface area contributed by atoms with Gasteiger partial charge in [-0.15, -0.1) is 11.3 Å². The molecule has 4 heterocycles. The molecule has 0 bridgehead atoms. The lowest BCUT2D eigenvalue weighted by atomic mass is 10.0. The minimum atomic E-state index is -4.40. The van der Waals surface area contributed by atoms with Crippen LogP contribution in [-0.4, -0.2) is 32.6 Å². The number of alkyl halides is 3. The molecule has 0 radical (unpaired) electrons. The third-order valence-corrected chi connectivity index (χ3v) is 5.82. The summed E-state index contributed by atoms with van der Waals surface area (Å²) in [6, 6.07) is 9.63. The Balaban J connectivity index is 1.46. The quantitative estimate of drug-likeness (QED) is 0.614. The lowest BCUT2D eigenvalue weighted by Gasteiger charge is -2.26. The summed E-state index contributed by atoms with van der Waals surface area (Å²) >= 11 is 0.592. The topological polar surface area (TPSA) is 87.7 Å². The fourth-order valence-corrected chi connectivity index (χ4v) is 4.03. The molecule has 0 N–H and O–H groups in total. The Kier molecular flexibility index (Phi) is 5.56. The van der Waals surface area contributed by atoms with Gasteiger partial charge >= 0.3 is 11.9 Å². The predicted molar refractivity (Wildman–Crippen MR) is 108 cm³/mol. The predicted octanol–water partition coefficient (Wildman–Crippen LogP) is 3.33. The highest BCUT2D eigenvalue weighted by atomic mass is 32.1. The first-order valence-corrected chi connectivity index (χ1v) is 10.1. The molecule has 0 unspecified atom stereocenters. The van der Waals surface area contributed by atoms with Crippen molar-refractivity contribution in [2.45, 2.75) is 19.1 Å². The molecule has 0 spiro atoms. The Hall–Kier alpha value is -3.52. The summed E-state index contributed by atoms with van der Waals surface area (Å²) in [7, 11) is 0. The summed E-state index contributed by atoms with van der Waals surface area (Å²) in [5.41, 5.74) is 1.51. The van der Waals surface area contributed by atoms with Crippen molar-refractivity contribution in [3.8, 4) is 6.07 Å². The number of hydrogen-bond donors (Lipinski definition) is 0. The van der Waals surface area contributed by atoms with Crippen molar-refractivity contribution in [2.75, 3.05) is 18.0 Å². The van der Waals surface area contributed by atoms with E-state index in [0.29, 0.717) is 41.4 Å². The zero-order chi connectivity index (χ0) is 22.0. The highest BCUT2D eigenvalue weighted by Crippen LogP contribution is 2.34. The number of nitriles is 1. The SMILES string of the molecule is N#Cc1cccc(C2=CCN(c3ncn(Cc4ccc(C(F)(F)F)s4)c(=O)n3)CC2)n1. The zero-order valence-corrected chi connectivity index (χ0v) is 16.8. The van der Waals surface area contributed by atoms with E-state index in [1.807, 2.05) is 23.1 Å². The van der Waals surface area contributed by atoms with E-state index < -0.39 is 16.7 Å². The smallest absolute Gasteiger partial charge is 0.337 e. The van der Waals surface area contributed by atoms with Crippen molar-refractivity contribution in [1.82, 2.24) is 19.5 Å². The number of rotatable bonds is 4. The summed E-state index contributed by atoms with van der Waals surface area (Å²) in [5, 5.41) is 8.99. The molecule has 3 aromatic rings. The zero-order valence-electron chi connectivity index (χ0n) is 16.0. The van der Waals surface area contributed by atoms with Gasteiger partial charge in [-0.2, -0.15) is 23.4 Å². The second kappa shape index (κ2) is 8.31. The third-order valence-electron chi connectivity index (χ3n) is 4.71. The van der Waals surface area contributed by atoms with Crippen molar-refractivity contribution >= 4 is 22.9 Å².